The number of ether oxygens (including phenoxy) is 1. The average molecular weight is 392 g/mol. The molecule has 0 aliphatic heterocycles. The van der Waals surface area contributed by atoms with Crippen molar-refractivity contribution in [1.29, 1.82) is 0 Å². The lowest BCUT2D eigenvalue weighted by atomic mass is 10.2. The molecule has 3 rings (SSSR count). The minimum Gasteiger partial charge on any atom is -0.465 e. The lowest BCUT2D eigenvalue weighted by molar-refractivity contribution is -0.142. The summed E-state index contributed by atoms with van der Waals surface area (Å²) in [6.07, 6.45) is 2.10. The number of carbonyl (C=O) groups excluding carboxylic acids is 1. The van der Waals surface area contributed by atoms with E-state index in [9.17, 15) is 4.79 Å². The number of thioether (sulfide) groups is 1. The van der Waals surface area contributed by atoms with Crippen molar-refractivity contribution >= 4 is 40.5 Å². The first-order valence-corrected chi connectivity index (χ1v) is 9.50. The fourth-order valence-corrected chi connectivity index (χ4v) is 3.47. The Balaban J connectivity index is 1.86. The number of hydrogen-bond donors (Lipinski definition) is 0. The van der Waals surface area contributed by atoms with Crippen LogP contribution in [0.15, 0.2) is 35.6 Å². The third kappa shape index (κ3) is 4.13. The van der Waals surface area contributed by atoms with E-state index in [0.29, 0.717) is 40.8 Å². The maximum atomic E-state index is 12.1. The van der Waals surface area contributed by atoms with Crippen LogP contribution in [0.25, 0.3) is 11.2 Å². The minimum atomic E-state index is -0.338. The molecule has 7 nitrogen and oxygen atoms in total. The molecule has 0 fully saturated rings. The molecule has 26 heavy (non-hydrogen) atoms. The van der Waals surface area contributed by atoms with E-state index in [1.54, 1.807) is 11.6 Å². The molecule has 0 radical (unpaired) electrons. The van der Waals surface area contributed by atoms with Crippen LogP contribution in [0.3, 0.4) is 0 Å². The Morgan fingerprint density at radius 1 is 1.27 bits per heavy atom. The van der Waals surface area contributed by atoms with Gasteiger partial charge in [-0.25, -0.2) is 14.6 Å². The summed E-state index contributed by atoms with van der Waals surface area (Å²) in [6, 6.07) is 7.52. The van der Waals surface area contributed by atoms with Crippen LogP contribution in [0, 0.1) is 0 Å². The Labute approximate surface area is 160 Å². The third-order valence-corrected chi connectivity index (χ3v) is 5.27. The van der Waals surface area contributed by atoms with Gasteiger partial charge in [0, 0.05) is 5.02 Å². The fourth-order valence-electron chi connectivity index (χ4n) is 2.39. The van der Waals surface area contributed by atoms with Crippen LogP contribution in [0.1, 0.15) is 25.8 Å². The molecule has 9 heteroatoms. The van der Waals surface area contributed by atoms with E-state index in [1.807, 2.05) is 31.2 Å². The average Bonchev–Trinajstić information content (AvgIpc) is 3.05. The fraction of sp³-hybridized carbons (Fsp3) is 0.353. The molecule has 0 amide bonds. The molecule has 1 atom stereocenters. The van der Waals surface area contributed by atoms with E-state index in [2.05, 4.69) is 20.3 Å². The third-order valence-electron chi connectivity index (χ3n) is 3.69. The first-order chi connectivity index (χ1) is 12.6. The van der Waals surface area contributed by atoms with Crippen LogP contribution in [-0.2, 0) is 16.1 Å². The monoisotopic (exact) mass is 391 g/mol. The molecule has 0 aliphatic carbocycles. The molecule has 0 saturated carbocycles. The lowest BCUT2D eigenvalue weighted by Gasteiger charge is -2.12. The zero-order valence-electron chi connectivity index (χ0n) is 14.4. The van der Waals surface area contributed by atoms with Crippen molar-refractivity contribution < 1.29 is 9.53 Å². The number of hydrogen-bond acceptors (Lipinski definition) is 7. The number of rotatable bonds is 7. The largest absolute Gasteiger partial charge is 0.465 e. The molecule has 2 aromatic heterocycles. The van der Waals surface area contributed by atoms with E-state index in [0.717, 1.165) is 5.56 Å². The minimum absolute atomic E-state index is 0.250. The first-order valence-electron chi connectivity index (χ1n) is 8.24. The standard InChI is InChI=1S/C17H18ClN5O2S/c1-3-13(17(24)25-4-2)26-16-14-15(19-10-20-16)23(22-21-14)9-11-5-7-12(18)8-6-11/h5-8,10,13H,3-4,9H2,1-2H3. The maximum absolute atomic E-state index is 12.1. The van der Waals surface area contributed by atoms with Crippen molar-refractivity contribution in [3.05, 3.63) is 41.2 Å². The van der Waals surface area contributed by atoms with E-state index in [-0.39, 0.29) is 11.2 Å². The van der Waals surface area contributed by atoms with Crippen molar-refractivity contribution in [2.24, 2.45) is 0 Å². The number of nitrogens with zero attached hydrogens (tertiary/aromatic N) is 5. The molecular weight excluding hydrogens is 374 g/mol. The number of aromatic nitrogens is 5. The van der Waals surface area contributed by atoms with Gasteiger partial charge in [-0.05, 0) is 31.0 Å². The van der Waals surface area contributed by atoms with Gasteiger partial charge in [0.2, 0.25) is 0 Å². The van der Waals surface area contributed by atoms with Crippen LogP contribution in [0.2, 0.25) is 5.02 Å². The first kappa shape index (κ1) is 18.6. The normalized spacial score (nSPS) is 12.3. The Hall–Kier alpha value is -2.19. The van der Waals surface area contributed by atoms with Crippen LogP contribution < -0.4 is 0 Å². The zero-order chi connectivity index (χ0) is 18.5. The van der Waals surface area contributed by atoms with Crippen molar-refractivity contribution in [3.8, 4) is 0 Å². The van der Waals surface area contributed by atoms with Gasteiger partial charge in [0.05, 0.1) is 13.2 Å². The summed E-state index contributed by atoms with van der Waals surface area (Å²) < 4.78 is 6.82. The van der Waals surface area contributed by atoms with E-state index in [4.69, 9.17) is 16.3 Å². The highest BCUT2D eigenvalue weighted by atomic mass is 35.5. The molecular formula is C17H18ClN5O2S. The summed E-state index contributed by atoms with van der Waals surface area (Å²) in [5.41, 5.74) is 2.23. The van der Waals surface area contributed by atoms with Gasteiger partial charge in [-0.1, -0.05) is 47.6 Å². The molecule has 0 bridgehead atoms. The van der Waals surface area contributed by atoms with E-state index < -0.39 is 0 Å². The van der Waals surface area contributed by atoms with Gasteiger partial charge in [-0.2, -0.15) is 0 Å². The summed E-state index contributed by atoms with van der Waals surface area (Å²) in [6.45, 7) is 4.60. The molecule has 0 N–H and O–H groups in total. The molecule has 136 valence electrons. The van der Waals surface area contributed by atoms with E-state index in [1.165, 1.54) is 18.1 Å². The SMILES string of the molecule is CCOC(=O)C(CC)Sc1ncnc2c1nnn2Cc1ccc(Cl)cc1. The molecule has 1 unspecified atom stereocenters. The van der Waals surface area contributed by atoms with Gasteiger partial charge in [-0.15, -0.1) is 5.10 Å². The lowest BCUT2D eigenvalue weighted by Crippen LogP contribution is -2.19. The van der Waals surface area contributed by atoms with Crippen LogP contribution in [0.5, 0.6) is 0 Å². The summed E-state index contributed by atoms with van der Waals surface area (Å²) in [4.78, 5) is 20.6. The predicted molar refractivity (Wildman–Crippen MR) is 100 cm³/mol. The molecule has 0 aliphatic rings. The van der Waals surface area contributed by atoms with Gasteiger partial charge in [0.1, 0.15) is 16.6 Å². The van der Waals surface area contributed by atoms with Crippen LogP contribution in [0.4, 0.5) is 0 Å². The topological polar surface area (TPSA) is 82.8 Å². The summed E-state index contributed by atoms with van der Waals surface area (Å²) in [5.74, 6) is -0.250. The summed E-state index contributed by atoms with van der Waals surface area (Å²) >= 11 is 7.25. The maximum Gasteiger partial charge on any atom is 0.319 e. The summed E-state index contributed by atoms with van der Waals surface area (Å²) in [5, 5.41) is 9.37. The second-order valence-corrected chi connectivity index (χ2v) is 7.12. The van der Waals surface area contributed by atoms with Crippen LogP contribution >= 0.6 is 23.4 Å². The zero-order valence-corrected chi connectivity index (χ0v) is 16.0. The quantitative estimate of drug-likeness (QED) is 0.347. The van der Waals surface area contributed by atoms with E-state index >= 15 is 0 Å². The highest BCUT2D eigenvalue weighted by Crippen LogP contribution is 2.29. The van der Waals surface area contributed by atoms with Gasteiger partial charge < -0.3 is 4.74 Å². The molecule has 1 aromatic carbocycles. The predicted octanol–water partition coefficient (Wildman–Crippen LogP) is 3.36. The second kappa shape index (κ2) is 8.46. The number of halogens is 1. The van der Waals surface area contributed by atoms with Crippen molar-refractivity contribution in [3.63, 3.8) is 0 Å². The van der Waals surface area contributed by atoms with Gasteiger partial charge >= 0.3 is 5.97 Å². The Morgan fingerprint density at radius 2 is 2.04 bits per heavy atom. The Bertz CT molecular complexity index is 900. The molecule has 2 heterocycles. The second-order valence-electron chi connectivity index (χ2n) is 5.49. The van der Waals surface area contributed by atoms with Crippen LogP contribution in [-0.4, -0.2) is 42.8 Å². The highest BCUT2D eigenvalue weighted by molar-refractivity contribution is 8.00. The number of benzene rings is 1. The van der Waals surface area contributed by atoms with Crippen molar-refractivity contribution in [1.82, 2.24) is 25.0 Å². The van der Waals surface area contributed by atoms with Gasteiger partial charge in [-0.3, -0.25) is 4.79 Å². The van der Waals surface area contributed by atoms with Crippen molar-refractivity contribution in [2.45, 2.75) is 37.1 Å². The molecule has 0 spiro atoms. The smallest absolute Gasteiger partial charge is 0.319 e. The number of carbonyl (C=O) groups is 1. The molecule has 0 saturated heterocycles. The molecule has 3 aromatic rings. The van der Waals surface area contributed by atoms with Crippen molar-refractivity contribution in [2.75, 3.05) is 6.61 Å². The number of fused-ring (bicyclic) bond motifs is 1. The van der Waals surface area contributed by atoms with Gasteiger partial charge in [0.15, 0.2) is 11.2 Å². The Morgan fingerprint density at radius 3 is 2.73 bits per heavy atom. The highest BCUT2D eigenvalue weighted by Gasteiger charge is 2.22. The Kier molecular flexibility index (Phi) is 6.05. The number of esters is 1. The summed E-state index contributed by atoms with van der Waals surface area (Å²) in [7, 11) is 0. The van der Waals surface area contributed by atoms with Gasteiger partial charge in [0.25, 0.3) is 0 Å².